The van der Waals surface area contributed by atoms with E-state index in [-0.39, 0.29) is 24.2 Å². The number of aromatic nitrogens is 2. The number of likely N-dealkylation sites (tertiary alicyclic amines) is 2. The molecule has 354 valence electrons. The largest absolute Gasteiger partial charge is 0.465 e. The minimum Gasteiger partial charge on any atom is -0.465 e. The molecule has 0 bridgehead atoms. The summed E-state index contributed by atoms with van der Waals surface area (Å²) in [6.07, 6.45) is -0.728. The normalized spacial score (nSPS) is 18.3. The number of carbonyl (C=O) groups is 6. The average Bonchev–Trinajstić information content (AvgIpc) is 4.11. The van der Waals surface area contributed by atoms with Crippen LogP contribution in [0.25, 0.3) is 33.2 Å². The van der Waals surface area contributed by atoms with Crippen LogP contribution >= 0.6 is 0 Å². The summed E-state index contributed by atoms with van der Waals surface area (Å²) in [7, 11) is 0. The SMILES string of the molecule is CC(C)(C)c1c(-c2cc3cc(C4CCCN4C(=O)C(NC(=O)O)(C(N)=O)c4ccccc4)ccc3[nH]2)n(C(C)(C)C)c2ccc([C@@H]3CCCN3C(=O)[C@](NC(=O)O)(C(N)=O)c3ccccc3)cc12. The molecule has 6 aromatic rings. The molecule has 2 unspecified atom stereocenters. The van der Waals surface area contributed by atoms with Crippen molar-refractivity contribution < 1.29 is 39.0 Å². The van der Waals surface area contributed by atoms with Gasteiger partial charge in [-0.15, -0.1) is 0 Å². The zero-order chi connectivity index (χ0) is 49.1. The van der Waals surface area contributed by atoms with Gasteiger partial charge in [0.05, 0.1) is 23.5 Å². The van der Waals surface area contributed by atoms with Crippen molar-refractivity contribution in [2.45, 2.75) is 101 Å². The molecule has 2 aromatic heterocycles. The molecule has 16 nitrogen and oxygen atoms in total. The minimum atomic E-state index is -2.35. The van der Waals surface area contributed by atoms with Gasteiger partial charge in [-0.05, 0) is 110 Å². The summed E-state index contributed by atoms with van der Waals surface area (Å²) in [6.45, 7) is 13.5. The van der Waals surface area contributed by atoms with Crippen molar-refractivity contribution in [3.63, 3.8) is 0 Å². The second kappa shape index (κ2) is 17.2. The van der Waals surface area contributed by atoms with E-state index in [1.165, 1.54) is 24.3 Å². The van der Waals surface area contributed by atoms with Gasteiger partial charge < -0.3 is 41.0 Å². The Balaban J connectivity index is 1.22. The minimum absolute atomic E-state index is 0.127. The molecule has 2 aliphatic heterocycles. The number of fused-ring (bicyclic) bond motifs is 2. The quantitative estimate of drug-likeness (QED) is 0.0641. The molecule has 4 heterocycles. The Morgan fingerprint density at radius 2 is 1.10 bits per heavy atom. The summed E-state index contributed by atoms with van der Waals surface area (Å²) < 4.78 is 2.32. The Morgan fingerprint density at radius 3 is 1.54 bits per heavy atom. The van der Waals surface area contributed by atoms with Gasteiger partial charge in [0.1, 0.15) is 0 Å². The van der Waals surface area contributed by atoms with E-state index < -0.39 is 69.9 Å². The molecule has 2 aliphatic rings. The Bertz CT molecular complexity index is 2990. The highest BCUT2D eigenvalue weighted by Gasteiger charge is 2.54. The predicted molar refractivity (Wildman–Crippen MR) is 257 cm³/mol. The van der Waals surface area contributed by atoms with Gasteiger partial charge in [0.25, 0.3) is 23.6 Å². The van der Waals surface area contributed by atoms with Gasteiger partial charge in [-0.3, -0.25) is 29.8 Å². The van der Waals surface area contributed by atoms with Crippen LogP contribution in [-0.4, -0.2) is 78.5 Å². The second-order valence-corrected chi connectivity index (χ2v) is 19.9. The lowest BCUT2D eigenvalue weighted by molar-refractivity contribution is -0.147. The van der Waals surface area contributed by atoms with Crippen LogP contribution in [0.2, 0.25) is 0 Å². The monoisotopic (exact) mass is 922 g/mol. The summed E-state index contributed by atoms with van der Waals surface area (Å²) in [5.74, 6) is -3.74. The van der Waals surface area contributed by atoms with Crippen LogP contribution < -0.4 is 22.1 Å². The van der Waals surface area contributed by atoms with Crippen molar-refractivity contribution in [1.29, 1.82) is 0 Å². The third-order valence-corrected chi connectivity index (χ3v) is 13.5. The highest BCUT2D eigenvalue weighted by molar-refractivity contribution is 6.13. The molecular formula is C52H58N8O8. The van der Waals surface area contributed by atoms with Crippen molar-refractivity contribution >= 4 is 57.6 Å². The number of hydrogen-bond donors (Lipinski definition) is 7. The first-order valence-electron chi connectivity index (χ1n) is 22.8. The van der Waals surface area contributed by atoms with Gasteiger partial charge >= 0.3 is 12.2 Å². The summed E-state index contributed by atoms with van der Waals surface area (Å²) in [5, 5.41) is 26.1. The number of carboxylic acid groups (broad SMARTS) is 2. The van der Waals surface area contributed by atoms with E-state index in [9.17, 15) is 39.0 Å². The van der Waals surface area contributed by atoms with Crippen LogP contribution in [0.4, 0.5) is 9.59 Å². The first kappa shape index (κ1) is 46.9. The van der Waals surface area contributed by atoms with Crippen LogP contribution in [-0.2, 0) is 41.2 Å². The highest BCUT2D eigenvalue weighted by atomic mass is 16.4. The number of amides is 6. The fourth-order valence-corrected chi connectivity index (χ4v) is 10.7. The first-order chi connectivity index (χ1) is 32.1. The number of aromatic amines is 1. The van der Waals surface area contributed by atoms with E-state index in [1.54, 1.807) is 46.2 Å². The Labute approximate surface area is 393 Å². The molecule has 2 fully saturated rings. The van der Waals surface area contributed by atoms with Crippen LogP contribution in [0.1, 0.15) is 107 Å². The number of primary amides is 2. The summed E-state index contributed by atoms with van der Waals surface area (Å²) in [6, 6.07) is 29.2. The Morgan fingerprint density at radius 1 is 0.632 bits per heavy atom. The molecule has 4 aromatic carbocycles. The molecule has 16 heteroatoms. The number of benzene rings is 4. The van der Waals surface area contributed by atoms with Crippen LogP contribution in [0, 0.1) is 0 Å². The molecule has 0 saturated carbocycles. The first-order valence-corrected chi connectivity index (χ1v) is 22.8. The molecular weight excluding hydrogens is 865 g/mol. The van der Waals surface area contributed by atoms with Gasteiger partial charge in [-0.1, -0.05) is 93.6 Å². The second-order valence-electron chi connectivity index (χ2n) is 19.9. The van der Waals surface area contributed by atoms with Crippen molar-refractivity contribution in [3.05, 3.63) is 131 Å². The zero-order valence-corrected chi connectivity index (χ0v) is 39.1. The maximum atomic E-state index is 14.7. The fourth-order valence-electron chi connectivity index (χ4n) is 10.7. The van der Waals surface area contributed by atoms with Crippen molar-refractivity contribution in [1.82, 2.24) is 30.0 Å². The number of nitrogens with one attached hydrogen (secondary N) is 3. The number of carbonyl (C=O) groups excluding carboxylic acids is 4. The molecule has 68 heavy (non-hydrogen) atoms. The molecule has 8 rings (SSSR count). The van der Waals surface area contributed by atoms with Crippen molar-refractivity contribution in [2.75, 3.05) is 13.1 Å². The van der Waals surface area contributed by atoms with Gasteiger partial charge in [0, 0.05) is 40.4 Å². The molecule has 0 spiro atoms. The lowest BCUT2D eigenvalue weighted by Crippen LogP contribution is -2.63. The summed E-state index contributed by atoms with van der Waals surface area (Å²) in [5.41, 5.74) is 12.9. The maximum Gasteiger partial charge on any atom is 0.406 e. The summed E-state index contributed by atoms with van der Waals surface area (Å²) >= 11 is 0. The highest BCUT2D eigenvalue weighted by Crippen LogP contribution is 2.47. The molecule has 2 saturated heterocycles. The summed E-state index contributed by atoms with van der Waals surface area (Å²) in [4.78, 5) is 87.1. The van der Waals surface area contributed by atoms with E-state index in [1.807, 2.05) is 24.3 Å². The zero-order valence-electron chi connectivity index (χ0n) is 39.1. The molecule has 9 N–H and O–H groups in total. The topological polar surface area (TPSA) is 246 Å². The van der Waals surface area contributed by atoms with Gasteiger partial charge in [-0.25, -0.2) is 9.59 Å². The van der Waals surface area contributed by atoms with Gasteiger partial charge in [0.2, 0.25) is 11.1 Å². The van der Waals surface area contributed by atoms with Crippen LogP contribution in [0.15, 0.2) is 103 Å². The standard InChI is InChI=1S/C52H58N8O8/c1-49(2,3)41-35-28-31(39-20-14-26-59(39)46(64)52(44(54)62,57-48(67)68)34-17-11-8-12-18-34)22-24-40(35)60(50(4,5)6)42(41)37-29-32-27-30(21-23-36(32)55-37)38-19-13-25-58(38)45(63)51(43(53)61,56-47(65)66)33-15-9-7-10-16-33/h7-12,15-18,21-24,27-29,38-39,55-57H,13-14,19-20,25-26H2,1-6H3,(H2,53,61)(H2,54,62)(H,65,66)(H,67,68)/t38?,39-,51?,52+/m0/s1. The Hall–Kier alpha value is -7.62. The molecule has 0 radical (unpaired) electrons. The van der Waals surface area contributed by atoms with E-state index >= 15 is 0 Å². The average molecular weight is 923 g/mol. The number of nitrogens with zero attached hydrogens (tertiary/aromatic N) is 3. The van der Waals surface area contributed by atoms with Gasteiger partial charge in [0.15, 0.2) is 0 Å². The van der Waals surface area contributed by atoms with E-state index in [0.717, 1.165) is 49.9 Å². The smallest absolute Gasteiger partial charge is 0.406 e. The molecule has 4 atom stereocenters. The number of H-pyrrole nitrogens is 1. The number of hydrogen-bond acceptors (Lipinski definition) is 6. The van der Waals surface area contributed by atoms with Crippen molar-refractivity contribution in [3.8, 4) is 11.4 Å². The van der Waals surface area contributed by atoms with E-state index in [0.29, 0.717) is 25.7 Å². The maximum absolute atomic E-state index is 14.7. The number of nitrogens with two attached hydrogens (primary N) is 2. The van der Waals surface area contributed by atoms with E-state index in [4.69, 9.17) is 11.5 Å². The third kappa shape index (κ3) is 7.86. The van der Waals surface area contributed by atoms with Gasteiger partial charge in [-0.2, -0.15) is 0 Å². The van der Waals surface area contributed by atoms with E-state index in [2.05, 4.69) is 79.9 Å². The third-order valence-electron chi connectivity index (χ3n) is 13.5. The fraction of sp³-hybridized carbons (Fsp3) is 0.346. The predicted octanol–water partition coefficient (Wildman–Crippen LogP) is 7.47. The van der Waals surface area contributed by atoms with Crippen LogP contribution in [0.5, 0.6) is 0 Å². The lowest BCUT2D eigenvalue weighted by Gasteiger charge is -2.36. The Kier molecular flexibility index (Phi) is 11.9. The number of rotatable bonds is 11. The van der Waals surface area contributed by atoms with Crippen molar-refractivity contribution in [2.24, 2.45) is 11.5 Å². The molecule has 6 amide bonds. The lowest BCUT2D eigenvalue weighted by atomic mass is 9.83. The van der Waals surface area contributed by atoms with Crippen LogP contribution in [0.3, 0.4) is 0 Å². The molecule has 0 aliphatic carbocycles.